The van der Waals surface area contributed by atoms with Crippen LogP contribution in [0.1, 0.15) is 11.6 Å². The van der Waals surface area contributed by atoms with Gasteiger partial charge in [-0.2, -0.15) is 0 Å². The van der Waals surface area contributed by atoms with Crippen LogP contribution < -0.4 is 5.32 Å². The van der Waals surface area contributed by atoms with Crippen molar-refractivity contribution in [2.45, 2.75) is 16.9 Å². The molecule has 1 fully saturated rings. The minimum Gasteiger partial charge on any atom is -0.443 e. The molecular formula is C11H12ClF2NO4S. The summed E-state index contributed by atoms with van der Waals surface area (Å²) >= 11 is 0. The van der Waals surface area contributed by atoms with E-state index in [4.69, 9.17) is 0 Å². The summed E-state index contributed by atoms with van der Waals surface area (Å²) in [7, 11) is -3.39. The van der Waals surface area contributed by atoms with E-state index in [1.165, 1.54) is 24.3 Å². The first kappa shape index (κ1) is 16.6. The van der Waals surface area contributed by atoms with Crippen molar-refractivity contribution in [3.8, 4) is 0 Å². The number of alkyl carbamates (subject to hydrolysis) is 1. The van der Waals surface area contributed by atoms with Crippen LogP contribution in [0, 0.1) is 0 Å². The summed E-state index contributed by atoms with van der Waals surface area (Å²) in [4.78, 5) is 11.0. The number of benzene rings is 1. The molecule has 0 radical (unpaired) electrons. The van der Waals surface area contributed by atoms with Crippen LogP contribution in [0.2, 0.25) is 0 Å². The number of nitrogens with one attached hydrogen (secondary N) is 1. The summed E-state index contributed by atoms with van der Waals surface area (Å²) < 4.78 is 54.0. The van der Waals surface area contributed by atoms with E-state index in [-0.39, 0.29) is 22.9 Å². The van der Waals surface area contributed by atoms with E-state index in [1.54, 1.807) is 0 Å². The van der Waals surface area contributed by atoms with Crippen molar-refractivity contribution in [3.05, 3.63) is 29.8 Å². The van der Waals surface area contributed by atoms with Crippen LogP contribution in [0.4, 0.5) is 13.6 Å². The van der Waals surface area contributed by atoms with Crippen molar-refractivity contribution >= 4 is 28.3 Å². The molecule has 1 N–H and O–H groups in total. The van der Waals surface area contributed by atoms with Gasteiger partial charge in [-0.05, 0) is 17.7 Å². The summed E-state index contributed by atoms with van der Waals surface area (Å²) in [5.74, 6) is -3.25. The monoisotopic (exact) mass is 327 g/mol. The zero-order valence-electron chi connectivity index (χ0n) is 10.3. The third-order valence-electron chi connectivity index (χ3n) is 2.72. The number of sulfone groups is 1. The van der Waals surface area contributed by atoms with Gasteiger partial charge in [-0.25, -0.2) is 22.0 Å². The topological polar surface area (TPSA) is 72.5 Å². The van der Waals surface area contributed by atoms with Crippen molar-refractivity contribution < 1.29 is 26.7 Å². The first-order valence-corrected chi connectivity index (χ1v) is 7.20. The number of carbonyl (C=O) groups is 1. The predicted molar refractivity (Wildman–Crippen MR) is 69.0 cm³/mol. The highest BCUT2D eigenvalue weighted by atomic mass is 35.5. The fourth-order valence-corrected chi connectivity index (χ4v) is 2.38. The number of hydrogen-bond acceptors (Lipinski definition) is 4. The maximum absolute atomic E-state index is 13.6. The molecule has 1 aliphatic rings. The van der Waals surface area contributed by atoms with E-state index in [0.717, 1.165) is 6.26 Å². The van der Waals surface area contributed by atoms with Crippen LogP contribution in [0.15, 0.2) is 29.2 Å². The molecule has 0 saturated carbocycles. The molecule has 5 nitrogen and oxygen atoms in total. The van der Waals surface area contributed by atoms with Crippen molar-refractivity contribution in [1.29, 1.82) is 0 Å². The fourth-order valence-electron chi connectivity index (χ4n) is 1.74. The van der Waals surface area contributed by atoms with Gasteiger partial charge >= 0.3 is 12.0 Å². The molecule has 1 aliphatic heterocycles. The Morgan fingerprint density at radius 3 is 2.35 bits per heavy atom. The number of cyclic esters (lactones) is 1. The third kappa shape index (κ3) is 3.37. The lowest BCUT2D eigenvalue weighted by Gasteiger charge is -2.31. The number of rotatable bonds is 2. The van der Waals surface area contributed by atoms with Gasteiger partial charge in [-0.1, -0.05) is 12.1 Å². The average Bonchev–Trinajstić information content (AvgIpc) is 2.31. The van der Waals surface area contributed by atoms with E-state index in [9.17, 15) is 22.0 Å². The van der Waals surface area contributed by atoms with Crippen LogP contribution in [0.5, 0.6) is 0 Å². The van der Waals surface area contributed by atoms with E-state index < -0.39 is 34.5 Å². The van der Waals surface area contributed by atoms with Gasteiger partial charge in [-0.15, -0.1) is 12.4 Å². The lowest BCUT2D eigenvalue weighted by molar-refractivity contribution is -0.104. The van der Waals surface area contributed by atoms with Gasteiger partial charge in [0.05, 0.1) is 4.90 Å². The van der Waals surface area contributed by atoms with Crippen molar-refractivity contribution in [3.63, 3.8) is 0 Å². The summed E-state index contributed by atoms with van der Waals surface area (Å²) in [5, 5.41) is 2.02. The Kier molecular flexibility index (Phi) is 4.60. The zero-order chi connectivity index (χ0) is 14.3. The molecule has 1 atom stereocenters. The van der Waals surface area contributed by atoms with E-state index >= 15 is 0 Å². The third-order valence-corrected chi connectivity index (χ3v) is 3.85. The molecule has 0 bridgehead atoms. The van der Waals surface area contributed by atoms with Gasteiger partial charge in [0.25, 0.3) is 0 Å². The smallest absolute Gasteiger partial charge is 0.408 e. The molecule has 0 aromatic heterocycles. The Bertz CT molecular complexity index is 603. The Morgan fingerprint density at radius 1 is 1.30 bits per heavy atom. The molecule has 1 aromatic rings. The molecule has 0 spiro atoms. The predicted octanol–water partition coefficient (Wildman–Crippen LogP) is 1.93. The first-order valence-electron chi connectivity index (χ1n) is 5.31. The quantitative estimate of drug-likeness (QED) is 0.901. The number of carbonyl (C=O) groups excluding carboxylic acids is 1. The van der Waals surface area contributed by atoms with Gasteiger partial charge in [0.1, 0.15) is 6.04 Å². The van der Waals surface area contributed by atoms with Gasteiger partial charge in [0.2, 0.25) is 0 Å². The van der Waals surface area contributed by atoms with Gasteiger partial charge in [0.15, 0.2) is 16.4 Å². The fraction of sp³-hybridized carbons (Fsp3) is 0.364. The lowest BCUT2D eigenvalue weighted by atomic mass is 10.0. The van der Waals surface area contributed by atoms with Gasteiger partial charge in [-0.3, -0.25) is 0 Å². The molecule has 1 heterocycles. The summed E-state index contributed by atoms with van der Waals surface area (Å²) in [5.41, 5.74) is 0.119. The summed E-state index contributed by atoms with van der Waals surface area (Å²) in [6.45, 7) is -1.00. The largest absolute Gasteiger partial charge is 0.443 e. The highest BCUT2D eigenvalue weighted by molar-refractivity contribution is 7.90. The molecule has 112 valence electrons. The van der Waals surface area contributed by atoms with Crippen LogP contribution in [0.3, 0.4) is 0 Å². The van der Waals surface area contributed by atoms with Crippen molar-refractivity contribution in [1.82, 2.24) is 5.32 Å². The van der Waals surface area contributed by atoms with Crippen LogP contribution in [0.25, 0.3) is 0 Å². The molecule has 20 heavy (non-hydrogen) atoms. The maximum atomic E-state index is 13.6. The molecular weight excluding hydrogens is 316 g/mol. The number of amides is 1. The van der Waals surface area contributed by atoms with E-state index in [0.29, 0.717) is 0 Å². The summed E-state index contributed by atoms with van der Waals surface area (Å²) in [6.07, 6.45) is 0.0930. The number of alkyl halides is 2. The Morgan fingerprint density at radius 2 is 1.85 bits per heavy atom. The lowest BCUT2D eigenvalue weighted by Crippen LogP contribution is -2.49. The molecule has 0 aliphatic carbocycles. The number of halogens is 3. The molecule has 0 unspecified atom stereocenters. The van der Waals surface area contributed by atoms with E-state index in [1.807, 2.05) is 5.32 Å². The molecule has 1 saturated heterocycles. The van der Waals surface area contributed by atoms with Crippen molar-refractivity contribution in [2.24, 2.45) is 0 Å². The van der Waals surface area contributed by atoms with Gasteiger partial charge < -0.3 is 10.1 Å². The van der Waals surface area contributed by atoms with Crippen LogP contribution in [-0.4, -0.2) is 33.3 Å². The second kappa shape index (κ2) is 5.53. The first-order chi connectivity index (χ1) is 8.70. The molecule has 1 amide bonds. The molecule has 2 rings (SSSR count). The number of ether oxygens (including phenoxy) is 1. The second-order valence-electron chi connectivity index (χ2n) is 4.26. The standard InChI is InChI=1S/C11H11F2NO4S.ClH/c1-19(16,17)8-4-2-7(3-5-8)9-11(12,13)6-18-10(15)14-9;/h2-5,9H,6H2,1H3,(H,14,15);1H/t9-;/m0./s1. The normalized spacial score (nSPS) is 21.4. The minimum absolute atomic E-state index is 0. The minimum atomic E-state index is -3.39. The summed E-state index contributed by atoms with van der Waals surface area (Å²) in [6, 6.07) is 3.42. The Balaban J connectivity index is 0.00000200. The SMILES string of the molecule is CS(=O)(=O)c1ccc([C@@H]2NC(=O)OCC2(F)F)cc1.Cl. The van der Waals surface area contributed by atoms with Crippen LogP contribution >= 0.6 is 12.4 Å². The highest BCUT2D eigenvalue weighted by Crippen LogP contribution is 2.34. The van der Waals surface area contributed by atoms with E-state index in [2.05, 4.69) is 4.74 Å². The Hall–Kier alpha value is -1.41. The van der Waals surface area contributed by atoms with Crippen LogP contribution in [-0.2, 0) is 14.6 Å². The average molecular weight is 328 g/mol. The number of hydrogen-bond donors (Lipinski definition) is 1. The highest BCUT2D eigenvalue weighted by Gasteiger charge is 2.46. The van der Waals surface area contributed by atoms with Gasteiger partial charge in [0, 0.05) is 6.26 Å². The Labute approximate surface area is 120 Å². The molecule has 1 aromatic carbocycles. The zero-order valence-corrected chi connectivity index (χ0v) is 11.9. The second-order valence-corrected chi connectivity index (χ2v) is 6.27. The molecule has 9 heteroatoms. The van der Waals surface area contributed by atoms with Crippen molar-refractivity contribution in [2.75, 3.05) is 12.9 Å². The maximum Gasteiger partial charge on any atom is 0.408 e.